The zero-order valence-corrected chi connectivity index (χ0v) is 14.4. The molecule has 1 saturated carbocycles. The first-order chi connectivity index (χ1) is 10.7. The molecule has 6 heteroatoms. The topological polar surface area (TPSA) is 81.4 Å². The van der Waals surface area contributed by atoms with Gasteiger partial charge in [0.2, 0.25) is 5.91 Å². The standard InChI is InChI=1S/C17H23ClN2O3/c1-17(2,3)23-16(22)20-14-9-11(15(19)21)8-13(14)10-5-4-6-12(18)7-10/h4-7,11,13-14H,8-9H2,1-3H3,(H2,19,21)(H,20,22)/t11-,13+,14-/m1/s1. The van der Waals surface area contributed by atoms with Crippen LogP contribution in [-0.2, 0) is 9.53 Å². The second-order valence-electron chi connectivity index (χ2n) is 6.98. The van der Waals surface area contributed by atoms with Crippen LogP contribution in [0.3, 0.4) is 0 Å². The second kappa shape index (κ2) is 6.79. The lowest BCUT2D eigenvalue weighted by atomic mass is 9.93. The molecule has 0 radical (unpaired) electrons. The third kappa shape index (κ3) is 4.86. The monoisotopic (exact) mass is 338 g/mol. The average Bonchev–Trinajstić information content (AvgIpc) is 2.80. The van der Waals surface area contributed by atoms with Crippen LogP contribution in [0.4, 0.5) is 4.79 Å². The van der Waals surface area contributed by atoms with E-state index in [1.54, 1.807) is 6.07 Å². The van der Waals surface area contributed by atoms with Gasteiger partial charge in [-0.25, -0.2) is 4.79 Å². The minimum atomic E-state index is -0.572. The smallest absolute Gasteiger partial charge is 0.407 e. The van der Waals surface area contributed by atoms with E-state index in [-0.39, 0.29) is 23.8 Å². The number of nitrogens with one attached hydrogen (secondary N) is 1. The van der Waals surface area contributed by atoms with Crippen LogP contribution in [0, 0.1) is 5.92 Å². The summed E-state index contributed by atoms with van der Waals surface area (Å²) < 4.78 is 5.31. The van der Waals surface area contributed by atoms with Crippen molar-refractivity contribution in [3.05, 3.63) is 34.9 Å². The molecule has 1 fully saturated rings. The lowest BCUT2D eigenvalue weighted by Crippen LogP contribution is -2.40. The van der Waals surface area contributed by atoms with Crippen LogP contribution in [0.25, 0.3) is 0 Å². The largest absolute Gasteiger partial charge is 0.444 e. The van der Waals surface area contributed by atoms with Gasteiger partial charge in [0, 0.05) is 22.9 Å². The Balaban J connectivity index is 2.16. The summed E-state index contributed by atoms with van der Waals surface area (Å²) in [5.41, 5.74) is 5.87. The Bertz CT molecular complexity index is 598. The number of amides is 2. The van der Waals surface area contributed by atoms with Crippen molar-refractivity contribution in [3.8, 4) is 0 Å². The molecular weight excluding hydrogens is 316 g/mol. The van der Waals surface area contributed by atoms with Crippen molar-refractivity contribution in [2.24, 2.45) is 11.7 Å². The first kappa shape index (κ1) is 17.6. The average molecular weight is 339 g/mol. The highest BCUT2D eigenvalue weighted by atomic mass is 35.5. The highest BCUT2D eigenvalue weighted by molar-refractivity contribution is 6.30. The first-order valence-corrected chi connectivity index (χ1v) is 8.08. The molecule has 1 aliphatic carbocycles. The van der Waals surface area contributed by atoms with Gasteiger partial charge in [0.05, 0.1) is 0 Å². The second-order valence-corrected chi connectivity index (χ2v) is 7.42. The SMILES string of the molecule is CC(C)(C)OC(=O)N[C@@H]1C[C@H](C(N)=O)C[C@H]1c1cccc(Cl)c1. The number of carbonyl (C=O) groups excluding carboxylic acids is 2. The van der Waals surface area contributed by atoms with Crippen LogP contribution in [0.15, 0.2) is 24.3 Å². The van der Waals surface area contributed by atoms with Gasteiger partial charge >= 0.3 is 6.09 Å². The molecule has 2 amide bonds. The van der Waals surface area contributed by atoms with Crippen molar-refractivity contribution in [1.82, 2.24) is 5.32 Å². The zero-order chi connectivity index (χ0) is 17.2. The maximum Gasteiger partial charge on any atom is 0.407 e. The summed E-state index contributed by atoms with van der Waals surface area (Å²) in [6.45, 7) is 5.42. The van der Waals surface area contributed by atoms with E-state index >= 15 is 0 Å². The number of ether oxygens (including phenoxy) is 1. The van der Waals surface area contributed by atoms with Crippen molar-refractivity contribution < 1.29 is 14.3 Å². The summed E-state index contributed by atoms with van der Waals surface area (Å²) in [7, 11) is 0. The fourth-order valence-electron chi connectivity index (χ4n) is 2.99. The molecule has 0 heterocycles. The molecule has 0 aliphatic heterocycles. The Morgan fingerprint density at radius 2 is 2.00 bits per heavy atom. The minimum Gasteiger partial charge on any atom is -0.444 e. The van der Waals surface area contributed by atoms with Crippen LogP contribution in [0.2, 0.25) is 5.02 Å². The van der Waals surface area contributed by atoms with Crippen LogP contribution < -0.4 is 11.1 Å². The molecule has 0 saturated heterocycles. The summed E-state index contributed by atoms with van der Waals surface area (Å²) >= 11 is 6.06. The number of hydrogen-bond acceptors (Lipinski definition) is 3. The van der Waals surface area contributed by atoms with Gasteiger partial charge in [-0.2, -0.15) is 0 Å². The van der Waals surface area contributed by atoms with E-state index in [9.17, 15) is 9.59 Å². The van der Waals surface area contributed by atoms with Gasteiger partial charge < -0.3 is 15.8 Å². The Morgan fingerprint density at radius 1 is 1.30 bits per heavy atom. The van der Waals surface area contributed by atoms with Crippen LogP contribution in [0.5, 0.6) is 0 Å². The Morgan fingerprint density at radius 3 is 2.57 bits per heavy atom. The first-order valence-electron chi connectivity index (χ1n) is 7.70. The molecule has 3 atom stereocenters. The number of carbonyl (C=O) groups is 2. The molecule has 0 bridgehead atoms. The van der Waals surface area contributed by atoms with Gasteiger partial charge in [0.15, 0.2) is 0 Å². The summed E-state index contributed by atoms with van der Waals surface area (Å²) in [6.07, 6.45) is 0.613. The predicted octanol–water partition coefficient (Wildman–Crippen LogP) is 3.21. The van der Waals surface area contributed by atoms with E-state index in [0.29, 0.717) is 17.9 Å². The van der Waals surface area contributed by atoms with Gasteiger partial charge in [0.1, 0.15) is 5.60 Å². The summed E-state index contributed by atoms with van der Waals surface area (Å²) in [4.78, 5) is 23.6. The summed E-state index contributed by atoms with van der Waals surface area (Å²) in [5.74, 6) is -0.622. The van der Waals surface area contributed by atoms with E-state index in [1.807, 2.05) is 39.0 Å². The summed E-state index contributed by atoms with van der Waals surface area (Å²) in [5, 5.41) is 3.50. The van der Waals surface area contributed by atoms with Gasteiger partial charge in [0.25, 0.3) is 0 Å². The molecule has 0 unspecified atom stereocenters. The predicted molar refractivity (Wildman–Crippen MR) is 89.3 cm³/mol. The number of hydrogen-bond donors (Lipinski definition) is 2. The third-order valence-corrected chi connectivity index (χ3v) is 4.18. The number of alkyl carbamates (subject to hydrolysis) is 1. The molecule has 0 aromatic heterocycles. The van der Waals surface area contributed by atoms with Crippen molar-refractivity contribution in [2.45, 2.75) is 51.2 Å². The van der Waals surface area contributed by atoms with Gasteiger partial charge in [-0.3, -0.25) is 4.79 Å². The van der Waals surface area contributed by atoms with Crippen molar-refractivity contribution in [1.29, 1.82) is 0 Å². The Kier molecular flexibility index (Phi) is 5.19. The molecule has 5 nitrogen and oxygen atoms in total. The van der Waals surface area contributed by atoms with Gasteiger partial charge in [-0.15, -0.1) is 0 Å². The van der Waals surface area contributed by atoms with Crippen LogP contribution >= 0.6 is 11.6 Å². The molecule has 2 rings (SSSR count). The maximum absolute atomic E-state index is 12.1. The molecule has 1 aromatic carbocycles. The number of halogens is 1. The summed E-state index contributed by atoms with van der Waals surface area (Å²) in [6, 6.07) is 7.26. The molecule has 1 aliphatic rings. The fraction of sp³-hybridized carbons (Fsp3) is 0.529. The highest BCUT2D eigenvalue weighted by Crippen LogP contribution is 2.39. The molecular formula is C17H23ClN2O3. The highest BCUT2D eigenvalue weighted by Gasteiger charge is 2.39. The fourth-order valence-corrected chi connectivity index (χ4v) is 3.19. The number of rotatable bonds is 3. The molecule has 126 valence electrons. The lowest BCUT2D eigenvalue weighted by molar-refractivity contribution is -0.121. The third-order valence-electron chi connectivity index (χ3n) is 3.94. The van der Waals surface area contributed by atoms with Gasteiger partial charge in [-0.05, 0) is 51.3 Å². The lowest BCUT2D eigenvalue weighted by Gasteiger charge is -2.25. The molecule has 1 aromatic rings. The maximum atomic E-state index is 12.1. The number of primary amides is 1. The molecule has 0 spiro atoms. The minimum absolute atomic E-state index is 0.0151. The molecule has 23 heavy (non-hydrogen) atoms. The van der Waals surface area contributed by atoms with Crippen LogP contribution in [-0.4, -0.2) is 23.6 Å². The number of nitrogens with two attached hydrogens (primary N) is 1. The van der Waals surface area contributed by atoms with Crippen molar-refractivity contribution in [2.75, 3.05) is 0 Å². The van der Waals surface area contributed by atoms with Crippen LogP contribution in [0.1, 0.15) is 45.1 Å². The zero-order valence-electron chi connectivity index (χ0n) is 13.6. The molecule has 3 N–H and O–H groups in total. The van der Waals surface area contributed by atoms with E-state index in [0.717, 1.165) is 5.56 Å². The van der Waals surface area contributed by atoms with Crippen molar-refractivity contribution in [3.63, 3.8) is 0 Å². The normalized spacial score (nSPS) is 24.3. The van der Waals surface area contributed by atoms with E-state index < -0.39 is 11.7 Å². The quantitative estimate of drug-likeness (QED) is 0.887. The van der Waals surface area contributed by atoms with Gasteiger partial charge in [-0.1, -0.05) is 23.7 Å². The van der Waals surface area contributed by atoms with Crippen molar-refractivity contribution >= 4 is 23.6 Å². The Labute approximate surface area is 141 Å². The van der Waals surface area contributed by atoms with E-state index in [1.165, 1.54) is 0 Å². The van der Waals surface area contributed by atoms with E-state index in [2.05, 4.69) is 5.32 Å². The Hall–Kier alpha value is -1.75. The number of benzene rings is 1. The van der Waals surface area contributed by atoms with E-state index in [4.69, 9.17) is 22.1 Å².